The van der Waals surface area contributed by atoms with Gasteiger partial charge in [-0.25, -0.2) is 0 Å². The topological polar surface area (TPSA) is 42.3 Å². The molecule has 0 atom stereocenters. The van der Waals surface area contributed by atoms with Crippen LogP contribution in [0.25, 0.3) is 0 Å². The average molecular weight is 270 g/mol. The second-order valence-electron chi connectivity index (χ2n) is 5.88. The van der Waals surface area contributed by atoms with Crippen molar-refractivity contribution in [3.05, 3.63) is 34.9 Å². The molecule has 0 spiro atoms. The lowest BCUT2D eigenvalue weighted by atomic mass is 10.0. The third kappa shape index (κ3) is 2.85. The zero-order valence-electron chi connectivity index (χ0n) is 12.1. The van der Waals surface area contributed by atoms with Crippen molar-refractivity contribution in [2.75, 3.05) is 39.3 Å². The highest BCUT2D eigenvalue weighted by Gasteiger charge is 2.27. The smallest absolute Gasteiger partial charge is 0.0991 e. The number of nitriles is 1. The van der Waals surface area contributed by atoms with Gasteiger partial charge in [-0.3, -0.25) is 9.80 Å². The first-order valence-corrected chi connectivity index (χ1v) is 7.43. The molecule has 2 saturated heterocycles. The second kappa shape index (κ2) is 5.92. The number of hydrogen-bond donors (Lipinski definition) is 1. The fraction of sp³-hybridized carbons (Fsp3) is 0.562. The molecule has 20 heavy (non-hydrogen) atoms. The number of piperazine rings is 1. The van der Waals surface area contributed by atoms with E-state index >= 15 is 0 Å². The lowest BCUT2D eigenvalue weighted by molar-refractivity contribution is 0.0695. The van der Waals surface area contributed by atoms with E-state index in [0.29, 0.717) is 0 Å². The molecule has 3 rings (SSSR count). The van der Waals surface area contributed by atoms with Crippen LogP contribution in [0.5, 0.6) is 0 Å². The van der Waals surface area contributed by atoms with Crippen molar-refractivity contribution in [2.24, 2.45) is 0 Å². The molecule has 0 unspecified atom stereocenters. The van der Waals surface area contributed by atoms with E-state index in [9.17, 15) is 0 Å². The summed E-state index contributed by atoms with van der Waals surface area (Å²) >= 11 is 0. The van der Waals surface area contributed by atoms with Gasteiger partial charge in [0.2, 0.25) is 0 Å². The molecule has 4 nitrogen and oxygen atoms in total. The summed E-state index contributed by atoms with van der Waals surface area (Å²) in [6.45, 7) is 10.1. The summed E-state index contributed by atoms with van der Waals surface area (Å²) in [5.74, 6) is 0. The Bertz CT molecular complexity index is 508. The molecule has 0 bridgehead atoms. The van der Waals surface area contributed by atoms with E-state index in [1.807, 2.05) is 12.1 Å². The highest BCUT2D eigenvalue weighted by Crippen LogP contribution is 2.16. The summed E-state index contributed by atoms with van der Waals surface area (Å²) in [5, 5.41) is 12.3. The maximum atomic E-state index is 8.91. The zero-order chi connectivity index (χ0) is 13.9. The first-order chi connectivity index (χ1) is 9.76. The van der Waals surface area contributed by atoms with Crippen LogP contribution in [0.2, 0.25) is 0 Å². The van der Waals surface area contributed by atoms with Gasteiger partial charge in [0.15, 0.2) is 0 Å². The van der Waals surface area contributed by atoms with Gasteiger partial charge in [0.25, 0.3) is 0 Å². The van der Waals surface area contributed by atoms with Crippen molar-refractivity contribution in [1.29, 1.82) is 5.26 Å². The summed E-state index contributed by atoms with van der Waals surface area (Å²) in [4.78, 5) is 5.13. The fourth-order valence-electron chi connectivity index (χ4n) is 3.00. The van der Waals surface area contributed by atoms with Crippen LogP contribution in [0.1, 0.15) is 16.7 Å². The maximum absolute atomic E-state index is 8.91. The van der Waals surface area contributed by atoms with Crippen LogP contribution in [0.4, 0.5) is 0 Å². The van der Waals surface area contributed by atoms with E-state index in [0.717, 1.165) is 44.3 Å². The molecule has 1 N–H and O–H groups in total. The Kier molecular flexibility index (Phi) is 4.02. The van der Waals surface area contributed by atoms with Gasteiger partial charge in [0.1, 0.15) is 0 Å². The SMILES string of the molecule is Cc1cc(C#N)ccc1CN1CCN(C2CNC2)CC1. The normalized spacial score (nSPS) is 21.4. The molecule has 0 radical (unpaired) electrons. The van der Waals surface area contributed by atoms with Gasteiger partial charge in [-0.05, 0) is 30.2 Å². The molecule has 2 heterocycles. The van der Waals surface area contributed by atoms with Crippen molar-refractivity contribution in [2.45, 2.75) is 19.5 Å². The van der Waals surface area contributed by atoms with E-state index in [4.69, 9.17) is 5.26 Å². The summed E-state index contributed by atoms with van der Waals surface area (Å²) in [5.41, 5.74) is 3.34. The number of nitrogens with one attached hydrogen (secondary N) is 1. The van der Waals surface area contributed by atoms with E-state index in [1.165, 1.54) is 24.2 Å². The third-order valence-corrected chi connectivity index (χ3v) is 4.55. The molecule has 2 fully saturated rings. The Balaban J connectivity index is 1.55. The molecule has 1 aromatic rings. The van der Waals surface area contributed by atoms with Gasteiger partial charge in [-0.2, -0.15) is 5.26 Å². The predicted octanol–water partition coefficient (Wildman–Crippen LogP) is 0.956. The van der Waals surface area contributed by atoms with Gasteiger partial charge in [0, 0.05) is 51.9 Å². The van der Waals surface area contributed by atoms with Crippen LogP contribution in [-0.2, 0) is 6.54 Å². The lowest BCUT2D eigenvalue weighted by Gasteiger charge is -2.43. The van der Waals surface area contributed by atoms with Crippen molar-refractivity contribution in [3.63, 3.8) is 0 Å². The second-order valence-corrected chi connectivity index (χ2v) is 5.88. The molecule has 0 saturated carbocycles. The van der Waals surface area contributed by atoms with Crippen LogP contribution >= 0.6 is 0 Å². The number of hydrogen-bond acceptors (Lipinski definition) is 4. The monoisotopic (exact) mass is 270 g/mol. The Hall–Kier alpha value is -1.41. The highest BCUT2D eigenvalue weighted by atomic mass is 15.3. The Morgan fingerprint density at radius 3 is 2.55 bits per heavy atom. The fourth-order valence-corrected chi connectivity index (χ4v) is 3.00. The molecule has 4 heteroatoms. The molecular weight excluding hydrogens is 248 g/mol. The van der Waals surface area contributed by atoms with Crippen molar-refractivity contribution >= 4 is 0 Å². The van der Waals surface area contributed by atoms with Gasteiger partial charge in [0.05, 0.1) is 11.6 Å². The van der Waals surface area contributed by atoms with Crippen molar-refractivity contribution in [3.8, 4) is 6.07 Å². The zero-order valence-corrected chi connectivity index (χ0v) is 12.1. The van der Waals surface area contributed by atoms with Gasteiger partial charge in [-0.15, -0.1) is 0 Å². The third-order valence-electron chi connectivity index (χ3n) is 4.55. The summed E-state index contributed by atoms with van der Waals surface area (Å²) in [6, 6.07) is 9.00. The molecular formula is C16H22N4. The number of nitrogens with zero attached hydrogens (tertiary/aromatic N) is 3. The Morgan fingerprint density at radius 1 is 1.25 bits per heavy atom. The molecule has 1 aromatic carbocycles. The highest BCUT2D eigenvalue weighted by molar-refractivity contribution is 5.37. The van der Waals surface area contributed by atoms with Crippen molar-refractivity contribution in [1.82, 2.24) is 15.1 Å². The van der Waals surface area contributed by atoms with Gasteiger partial charge < -0.3 is 5.32 Å². The first kappa shape index (κ1) is 13.6. The van der Waals surface area contributed by atoms with E-state index in [1.54, 1.807) is 0 Å². The standard InChI is InChI=1S/C16H22N4/c1-13-8-14(9-17)2-3-15(13)12-19-4-6-20(7-5-19)16-10-18-11-16/h2-3,8,16,18H,4-7,10-12H2,1H3. The largest absolute Gasteiger partial charge is 0.314 e. The summed E-state index contributed by atoms with van der Waals surface area (Å²) < 4.78 is 0. The molecule has 106 valence electrons. The van der Waals surface area contributed by atoms with Gasteiger partial charge in [-0.1, -0.05) is 6.07 Å². The predicted molar refractivity (Wildman–Crippen MR) is 79.4 cm³/mol. The molecule has 2 aliphatic rings. The average Bonchev–Trinajstić information content (AvgIpc) is 2.41. The molecule has 0 aliphatic carbocycles. The van der Waals surface area contributed by atoms with E-state index in [2.05, 4.69) is 34.2 Å². The lowest BCUT2D eigenvalue weighted by Crippen LogP contribution is -2.61. The quantitative estimate of drug-likeness (QED) is 0.888. The Labute approximate surface area is 121 Å². The van der Waals surface area contributed by atoms with Crippen LogP contribution in [0, 0.1) is 18.3 Å². The molecule has 0 aromatic heterocycles. The first-order valence-electron chi connectivity index (χ1n) is 7.43. The van der Waals surface area contributed by atoms with Crippen LogP contribution in [0.3, 0.4) is 0 Å². The number of aryl methyl sites for hydroxylation is 1. The Morgan fingerprint density at radius 2 is 2.00 bits per heavy atom. The van der Waals surface area contributed by atoms with E-state index < -0.39 is 0 Å². The molecule has 2 aliphatic heterocycles. The minimum Gasteiger partial charge on any atom is -0.314 e. The van der Waals surface area contributed by atoms with Crippen LogP contribution in [-0.4, -0.2) is 55.1 Å². The van der Waals surface area contributed by atoms with Crippen molar-refractivity contribution < 1.29 is 0 Å². The molecule has 0 amide bonds. The summed E-state index contributed by atoms with van der Waals surface area (Å²) in [7, 11) is 0. The minimum atomic E-state index is 0.758. The number of benzene rings is 1. The van der Waals surface area contributed by atoms with E-state index in [-0.39, 0.29) is 0 Å². The number of rotatable bonds is 3. The maximum Gasteiger partial charge on any atom is 0.0991 e. The minimum absolute atomic E-state index is 0.758. The van der Waals surface area contributed by atoms with Crippen LogP contribution in [0.15, 0.2) is 18.2 Å². The summed E-state index contributed by atoms with van der Waals surface area (Å²) in [6.07, 6.45) is 0. The van der Waals surface area contributed by atoms with Gasteiger partial charge >= 0.3 is 0 Å². The van der Waals surface area contributed by atoms with Crippen LogP contribution < -0.4 is 5.32 Å².